The van der Waals surface area contributed by atoms with Crippen molar-refractivity contribution in [3.05, 3.63) is 22.5 Å². The predicted octanol–water partition coefficient (Wildman–Crippen LogP) is 2.00. The van der Waals surface area contributed by atoms with Gasteiger partial charge in [0, 0.05) is 11.1 Å². The average molecular weight is 271 g/mol. The molecule has 0 bridgehead atoms. The van der Waals surface area contributed by atoms with Crippen LogP contribution >= 0.6 is 23.1 Å². The number of carbonyl (C=O) groups excluding carboxylic acids is 1. The molecule has 0 spiro atoms. The lowest BCUT2D eigenvalue weighted by Crippen LogP contribution is -2.04. The van der Waals surface area contributed by atoms with Crippen LogP contribution in [0.4, 0.5) is 0 Å². The smallest absolute Gasteiger partial charge is 0.396 e. The summed E-state index contributed by atoms with van der Waals surface area (Å²) in [7, 11) is 0. The molecular weight excluding hydrogens is 262 g/mol. The Balaban J connectivity index is 1.92. The first-order valence-corrected chi connectivity index (χ1v) is 6.73. The van der Waals surface area contributed by atoms with Crippen LogP contribution in [0.3, 0.4) is 0 Å². The molecule has 2 aromatic heterocycles. The van der Waals surface area contributed by atoms with Crippen molar-refractivity contribution in [1.82, 2.24) is 15.2 Å². The zero-order chi connectivity index (χ0) is 12.1. The fourth-order valence-electron chi connectivity index (χ4n) is 0.988. The SMILES string of the molecule is CCOC(=O)c1nnc(SCc2cscn2)o1. The molecule has 2 rings (SSSR count). The van der Waals surface area contributed by atoms with Crippen molar-refractivity contribution in [3.63, 3.8) is 0 Å². The molecule has 8 heteroatoms. The molecule has 17 heavy (non-hydrogen) atoms. The van der Waals surface area contributed by atoms with E-state index in [1.165, 1.54) is 23.1 Å². The summed E-state index contributed by atoms with van der Waals surface area (Å²) in [6.07, 6.45) is 0. The number of nitrogens with zero attached hydrogens (tertiary/aromatic N) is 3. The first kappa shape index (κ1) is 12.1. The van der Waals surface area contributed by atoms with Gasteiger partial charge in [-0.25, -0.2) is 9.78 Å². The Kier molecular flexibility index (Phi) is 4.10. The fourth-order valence-corrected chi connectivity index (χ4v) is 2.32. The van der Waals surface area contributed by atoms with Gasteiger partial charge in [-0.1, -0.05) is 16.9 Å². The summed E-state index contributed by atoms with van der Waals surface area (Å²) < 4.78 is 9.87. The van der Waals surface area contributed by atoms with Crippen LogP contribution in [-0.4, -0.2) is 27.8 Å². The predicted molar refractivity (Wildman–Crippen MR) is 61.9 cm³/mol. The average Bonchev–Trinajstić information content (AvgIpc) is 2.98. The minimum Gasteiger partial charge on any atom is -0.459 e. The molecule has 0 fully saturated rings. The van der Waals surface area contributed by atoms with Crippen LogP contribution in [0.5, 0.6) is 0 Å². The molecule has 0 amide bonds. The molecule has 2 aromatic rings. The molecule has 0 saturated carbocycles. The van der Waals surface area contributed by atoms with Gasteiger partial charge in [-0.05, 0) is 6.92 Å². The highest BCUT2D eigenvalue weighted by Gasteiger charge is 2.16. The Morgan fingerprint density at radius 2 is 2.47 bits per heavy atom. The Hall–Kier alpha value is -1.41. The van der Waals surface area contributed by atoms with E-state index in [0.29, 0.717) is 11.0 Å². The van der Waals surface area contributed by atoms with E-state index in [-0.39, 0.29) is 12.5 Å². The van der Waals surface area contributed by atoms with Crippen LogP contribution in [0.2, 0.25) is 0 Å². The molecule has 2 heterocycles. The van der Waals surface area contributed by atoms with Gasteiger partial charge in [0.2, 0.25) is 0 Å². The number of carbonyl (C=O) groups is 1. The molecule has 90 valence electrons. The molecule has 0 aliphatic heterocycles. The maximum Gasteiger partial charge on any atom is 0.396 e. The van der Waals surface area contributed by atoms with Crippen molar-refractivity contribution in [2.75, 3.05) is 6.61 Å². The molecule has 0 unspecified atom stereocenters. The minimum absolute atomic E-state index is 0.118. The Bertz CT molecular complexity index is 483. The first-order valence-electron chi connectivity index (χ1n) is 4.80. The summed E-state index contributed by atoms with van der Waals surface area (Å²) in [5, 5.41) is 9.62. The van der Waals surface area contributed by atoms with E-state index in [2.05, 4.69) is 15.2 Å². The minimum atomic E-state index is -0.597. The van der Waals surface area contributed by atoms with Gasteiger partial charge in [0.15, 0.2) is 0 Å². The monoisotopic (exact) mass is 271 g/mol. The molecule has 0 aromatic carbocycles. The van der Waals surface area contributed by atoms with Crippen molar-refractivity contribution < 1.29 is 13.9 Å². The molecule has 6 nitrogen and oxygen atoms in total. The fraction of sp³-hybridized carbons (Fsp3) is 0.333. The summed E-state index contributed by atoms with van der Waals surface area (Å²) in [5.74, 6) is -0.0818. The second kappa shape index (κ2) is 5.78. The van der Waals surface area contributed by atoms with E-state index >= 15 is 0 Å². The van der Waals surface area contributed by atoms with Crippen LogP contribution < -0.4 is 0 Å². The van der Waals surface area contributed by atoms with Crippen LogP contribution in [-0.2, 0) is 10.5 Å². The summed E-state index contributed by atoms with van der Waals surface area (Å²) in [4.78, 5) is 15.4. The van der Waals surface area contributed by atoms with E-state index in [1.54, 1.807) is 12.4 Å². The van der Waals surface area contributed by atoms with Crippen LogP contribution in [0.25, 0.3) is 0 Å². The highest BCUT2D eigenvalue weighted by Crippen LogP contribution is 2.21. The summed E-state index contributed by atoms with van der Waals surface area (Å²) in [5.41, 5.74) is 2.70. The van der Waals surface area contributed by atoms with E-state index in [1.807, 2.05) is 5.38 Å². The number of thioether (sulfide) groups is 1. The van der Waals surface area contributed by atoms with Crippen LogP contribution in [0.15, 0.2) is 20.5 Å². The number of hydrogen-bond acceptors (Lipinski definition) is 8. The first-order chi connectivity index (χ1) is 8.29. The Morgan fingerprint density at radius 1 is 1.59 bits per heavy atom. The largest absolute Gasteiger partial charge is 0.459 e. The topological polar surface area (TPSA) is 78.1 Å². The quantitative estimate of drug-likeness (QED) is 0.607. The Labute approximate surface area is 105 Å². The normalized spacial score (nSPS) is 10.4. The van der Waals surface area contributed by atoms with Crippen molar-refractivity contribution in [2.24, 2.45) is 0 Å². The molecule has 0 N–H and O–H groups in total. The maximum atomic E-state index is 11.3. The number of esters is 1. The highest BCUT2D eigenvalue weighted by atomic mass is 32.2. The van der Waals surface area contributed by atoms with Gasteiger partial charge in [0.1, 0.15) is 0 Å². The van der Waals surface area contributed by atoms with E-state index in [4.69, 9.17) is 9.15 Å². The van der Waals surface area contributed by atoms with Gasteiger partial charge in [-0.3, -0.25) is 0 Å². The Morgan fingerprint density at radius 3 is 3.18 bits per heavy atom. The molecule has 0 atom stereocenters. The second-order valence-corrected chi connectivity index (χ2v) is 4.51. The van der Waals surface area contributed by atoms with Crippen molar-refractivity contribution >= 4 is 29.1 Å². The van der Waals surface area contributed by atoms with Gasteiger partial charge in [-0.15, -0.1) is 16.4 Å². The maximum absolute atomic E-state index is 11.3. The summed E-state index contributed by atoms with van der Waals surface area (Å²) >= 11 is 2.86. The van der Waals surface area contributed by atoms with E-state index in [0.717, 1.165) is 5.69 Å². The lowest BCUT2D eigenvalue weighted by Gasteiger charge is -1.94. The third kappa shape index (κ3) is 3.27. The summed E-state index contributed by atoms with van der Waals surface area (Å²) in [6, 6.07) is 0. The van der Waals surface area contributed by atoms with Crippen LogP contribution in [0, 0.1) is 0 Å². The standard InChI is InChI=1S/C9H9N3O3S2/c1-2-14-8(13)7-11-12-9(15-7)17-4-6-3-16-5-10-6/h3,5H,2,4H2,1H3. The van der Waals surface area contributed by atoms with Crippen molar-refractivity contribution in [3.8, 4) is 0 Å². The van der Waals surface area contributed by atoms with Crippen LogP contribution in [0.1, 0.15) is 23.3 Å². The molecule has 0 aliphatic rings. The number of hydrogen-bond donors (Lipinski definition) is 0. The van der Waals surface area contributed by atoms with Gasteiger partial charge < -0.3 is 9.15 Å². The zero-order valence-electron chi connectivity index (χ0n) is 8.95. The van der Waals surface area contributed by atoms with Gasteiger partial charge >= 0.3 is 11.9 Å². The van der Waals surface area contributed by atoms with E-state index < -0.39 is 5.97 Å². The lowest BCUT2D eigenvalue weighted by molar-refractivity contribution is 0.0475. The van der Waals surface area contributed by atoms with Gasteiger partial charge in [-0.2, -0.15) is 0 Å². The second-order valence-electron chi connectivity index (χ2n) is 2.86. The van der Waals surface area contributed by atoms with Gasteiger partial charge in [0.25, 0.3) is 5.22 Å². The third-order valence-electron chi connectivity index (χ3n) is 1.68. The number of thiazole rings is 1. The molecule has 0 radical (unpaired) electrons. The van der Waals surface area contributed by atoms with Gasteiger partial charge in [0.05, 0.1) is 17.8 Å². The highest BCUT2D eigenvalue weighted by molar-refractivity contribution is 7.98. The summed E-state index contributed by atoms with van der Waals surface area (Å²) in [6.45, 7) is 1.99. The van der Waals surface area contributed by atoms with Crippen molar-refractivity contribution in [1.29, 1.82) is 0 Å². The number of ether oxygens (including phenoxy) is 1. The molecule has 0 aliphatic carbocycles. The zero-order valence-corrected chi connectivity index (χ0v) is 10.6. The molecular formula is C9H9N3O3S2. The number of rotatable bonds is 5. The lowest BCUT2D eigenvalue weighted by atomic mass is 10.6. The van der Waals surface area contributed by atoms with E-state index in [9.17, 15) is 4.79 Å². The number of aromatic nitrogens is 3. The molecule has 0 saturated heterocycles. The third-order valence-corrected chi connectivity index (χ3v) is 3.17. The van der Waals surface area contributed by atoms with Crippen molar-refractivity contribution in [2.45, 2.75) is 17.9 Å².